The Morgan fingerprint density at radius 2 is 2.05 bits per heavy atom. The van der Waals surface area contributed by atoms with Gasteiger partial charge in [0.25, 0.3) is 0 Å². The lowest BCUT2D eigenvalue weighted by Crippen LogP contribution is -2.37. The van der Waals surface area contributed by atoms with Gasteiger partial charge in [-0.3, -0.25) is 9.88 Å². The van der Waals surface area contributed by atoms with Gasteiger partial charge in [-0.1, -0.05) is 24.6 Å². The third-order valence-corrected chi connectivity index (χ3v) is 5.16. The highest BCUT2D eigenvalue weighted by atomic mass is 35.5. The van der Waals surface area contributed by atoms with Gasteiger partial charge in [0, 0.05) is 35.4 Å². The van der Waals surface area contributed by atoms with Crippen LogP contribution in [0.4, 0.5) is 0 Å². The Kier molecular flexibility index (Phi) is 5.42. The van der Waals surface area contributed by atoms with Crippen molar-refractivity contribution in [3.63, 3.8) is 0 Å². The number of hydrogen-bond donors (Lipinski definition) is 0. The predicted octanol–water partition coefficient (Wildman–Crippen LogP) is 3.14. The summed E-state index contributed by atoms with van der Waals surface area (Å²) in [4.78, 5) is 6.57. The highest BCUT2D eigenvalue weighted by Crippen LogP contribution is 2.26. The van der Waals surface area contributed by atoms with E-state index in [1.54, 1.807) is 6.20 Å². The molecule has 0 saturated carbocycles. The van der Waals surface area contributed by atoms with Crippen LogP contribution in [0.2, 0.25) is 5.02 Å². The molecule has 0 radical (unpaired) electrons. The maximum atomic E-state index is 11.5. The number of pyridine rings is 1. The lowest BCUT2D eigenvalue weighted by Gasteiger charge is -2.27. The molecule has 0 N–H and O–H groups in total. The zero-order valence-corrected chi connectivity index (χ0v) is 14.7. The number of fused-ring (bicyclic) bond motifs is 1. The van der Waals surface area contributed by atoms with Gasteiger partial charge in [-0.05, 0) is 37.2 Å². The minimum Gasteiger partial charge on any atom is -0.296 e. The van der Waals surface area contributed by atoms with Gasteiger partial charge in [0.2, 0.25) is 0 Å². The highest BCUT2D eigenvalue weighted by molar-refractivity contribution is 7.90. The lowest BCUT2D eigenvalue weighted by atomic mass is 10.1. The first-order chi connectivity index (χ1) is 10.3. The average Bonchev–Trinajstić information content (AvgIpc) is 2.45. The van der Waals surface area contributed by atoms with Crippen LogP contribution in [0, 0.1) is 0 Å². The average molecular weight is 341 g/mol. The van der Waals surface area contributed by atoms with Crippen molar-refractivity contribution in [2.24, 2.45) is 0 Å². The molecule has 2 aromatic rings. The van der Waals surface area contributed by atoms with Gasteiger partial charge in [0.15, 0.2) is 0 Å². The third-order valence-electron chi connectivity index (χ3n) is 3.75. The third kappa shape index (κ3) is 4.18. The summed E-state index contributed by atoms with van der Waals surface area (Å²) in [7, 11) is -3.00. The van der Waals surface area contributed by atoms with Crippen LogP contribution < -0.4 is 0 Å². The highest BCUT2D eigenvalue weighted by Gasteiger charge is 2.18. The Bertz CT molecular complexity index is 762. The Morgan fingerprint density at radius 3 is 2.68 bits per heavy atom. The summed E-state index contributed by atoms with van der Waals surface area (Å²) < 4.78 is 23.0. The molecule has 0 spiro atoms. The summed E-state index contributed by atoms with van der Waals surface area (Å²) in [5.74, 6) is 0.153. The fraction of sp³-hybridized carbons (Fsp3) is 0.438. The van der Waals surface area contributed by atoms with Crippen LogP contribution >= 0.6 is 11.6 Å². The molecule has 0 fully saturated rings. The molecular weight excluding hydrogens is 320 g/mol. The van der Waals surface area contributed by atoms with E-state index >= 15 is 0 Å². The van der Waals surface area contributed by atoms with Crippen LogP contribution in [0.25, 0.3) is 10.9 Å². The van der Waals surface area contributed by atoms with E-state index in [4.69, 9.17) is 11.6 Å². The topological polar surface area (TPSA) is 50.3 Å². The van der Waals surface area contributed by atoms with Crippen molar-refractivity contribution in [2.75, 3.05) is 18.6 Å². The van der Waals surface area contributed by atoms with E-state index < -0.39 is 9.84 Å². The SMILES string of the molecule is CCN(Cc1ccc(Cl)c2cccnc12)[C@H](C)CS(C)(=O)=O. The Hall–Kier alpha value is -1.17. The second-order valence-electron chi connectivity index (χ2n) is 5.61. The number of halogens is 1. The molecule has 0 bridgehead atoms. The van der Waals surface area contributed by atoms with Crippen LogP contribution in [-0.4, -0.2) is 42.9 Å². The zero-order chi connectivity index (χ0) is 16.3. The van der Waals surface area contributed by atoms with Crippen molar-refractivity contribution >= 4 is 32.3 Å². The molecule has 1 atom stereocenters. The number of nitrogens with zero attached hydrogens (tertiary/aromatic N) is 2. The quantitative estimate of drug-likeness (QED) is 0.810. The molecule has 22 heavy (non-hydrogen) atoms. The van der Waals surface area contributed by atoms with Crippen molar-refractivity contribution in [2.45, 2.75) is 26.4 Å². The van der Waals surface area contributed by atoms with Crippen LogP contribution in [0.5, 0.6) is 0 Å². The standard InChI is InChI=1S/C16H21ClN2O2S/c1-4-19(12(2)11-22(3,20)21)10-13-7-8-15(17)14-6-5-9-18-16(13)14/h5-9,12H,4,10-11H2,1-3H3/t12-/m1/s1. The summed E-state index contributed by atoms with van der Waals surface area (Å²) in [5.41, 5.74) is 1.93. The van der Waals surface area contributed by atoms with Crippen molar-refractivity contribution < 1.29 is 8.42 Å². The van der Waals surface area contributed by atoms with E-state index in [2.05, 4.69) is 9.88 Å². The monoisotopic (exact) mass is 340 g/mol. The summed E-state index contributed by atoms with van der Waals surface area (Å²) in [6.45, 7) is 5.39. The molecule has 0 aliphatic rings. The summed E-state index contributed by atoms with van der Waals surface area (Å²) in [6, 6.07) is 7.60. The molecule has 6 heteroatoms. The largest absolute Gasteiger partial charge is 0.296 e. The van der Waals surface area contributed by atoms with E-state index in [0.717, 1.165) is 23.0 Å². The number of hydrogen-bond acceptors (Lipinski definition) is 4. The molecule has 4 nitrogen and oxygen atoms in total. The maximum absolute atomic E-state index is 11.5. The van der Waals surface area contributed by atoms with Crippen LogP contribution in [0.15, 0.2) is 30.5 Å². The number of aromatic nitrogens is 1. The molecule has 2 rings (SSSR count). The van der Waals surface area contributed by atoms with Crippen LogP contribution in [-0.2, 0) is 16.4 Å². The summed E-state index contributed by atoms with van der Waals surface area (Å²) in [5, 5.41) is 1.60. The second-order valence-corrected chi connectivity index (χ2v) is 8.20. The summed E-state index contributed by atoms with van der Waals surface area (Å²) >= 11 is 6.22. The number of benzene rings is 1. The molecule has 0 aliphatic heterocycles. The smallest absolute Gasteiger partial charge is 0.148 e. The minimum atomic E-state index is -3.00. The maximum Gasteiger partial charge on any atom is 0.148 e. The van der Waals surface area contributed by atoms with E-state index in [1.807, 2.05) is 38.1 Å². The van der Waals surface area contributed by atoms with E-state index in [0.29, 0.717) is 11.6 Å². The fourth-order valence-electron chi connectivity index (χ4n) is 2.67. The molecule has 0 unspecified atom stereocenters. The fourth-order valence-corrected chi connectivity index (χ4v) is 3.97. The van der Waals surface area contributed by atoms with E-state index in [9.17, 15) is 8.42 Å². The van der Waals surface area contributed by atoms with Gasteiger partial charge in [-0.2, -0.15) is 0 Å². The first-order valence-electron chi connectivity index (χ1n) is 7.25. The van der Waals surface area contributed by atoms with Gasteiger partial charge in [-0.15, -0.1) is 0 Å². The lowest BCUT2D eigenvalue weighted by molar-refractivity contribution is 0.227. The van der Waals surface area contributed by atoms with E-state index in [-0.39, 0.29) is 11.8 Å². The van der Waals surface area contributed by atoms with Gasteiger partial charge < -0.3 is 0 Å². The molecule has 1 aromatic carbocycles. The molecule has 0 aliphatic carbocycles. The molecule has 0 amide bonds. The van der Waals surface area contributed by atoms with Crippen molar-refractivity contribution in [3.05, 3.63) is 41.0 Å². The van der Waals surface area contributed by atoms with Crippen molar-refractivity contribution in [1.29, 1.82) is 0 Å². The predicted molar refractivity (Wildman–Crippen MR) is 92.0 cm³/mol. The summed E-state index contributed by atoms with van der Waals surface area (Å²) in [6.07, 6.45) is 3.02. The van der Waals surface area contributed by atoms with E-state index in [1.165, 1.54) is 6.26 Å². The zero-order valence-electron chi connectivity index (χ0n) is 13.1. The Balaban J connectivity index is 2.30. The second kappa shape index (κ2) is 6.94. The first-order valence-corrected chi connectivity index (χ1v) is 9.69. The van der Waals surface area contributed by atoms with Gasteiger partial charge in [-0.25, -0.2) is 8.42 Å². The molecular formula is C16H21ClN2O2S. The first kappa shape index (κ1) is 17.2. The van der Waals surface area contributed by atoms with Crippen molar-refractivity contribution in [3.8, 4) is 0 Å². The van der Waals surface area contributed by atoms with Crippen LogP contribution in [0.1, 0.15) is 19.4 Å². The molecule has 1 aromatic heterocycles. The Morgan fingerprint density at radius 1 is 1.32 bits per heavy atom. The van der Waals surface area contributed by atoms with Crippen molar-refractivity contribution in [1.82, 2.24) is 9.88 Å². The minimum absolute atomic E-state index is 0.0468. The molecule has 120 valence electrons. The molecule has 0 saturated heterocycles. The number of rotatable bonds is 6. The van der Waals surface area contributed by atoms with Crippen LogP contribution in [0.3, 0.4) is 0 Å². The Labute approximate surface area is 137 Å². The molecule has 1 heterocycles. The van der Waals surface area contributed by atoms with Gasteiger partial charge in [0.1, 0.15) is 9.84 Å². The number of sulfone groups is 1. The van der Waals surface area contributed by atoms with Gasteiger partial charge >= 0.3 is 0 Å². The van der Waals surface area contributed by atoms with Gasteiger partial charge in [0.05, 0.1) is 11.3 Å². The normalized spacial score (nSPS) is 13.7.